The molecule has 2 aromatic carbocycles. The molecule has 0 unspecified atom stereocenters. The topological polar surface area (TPSA) is 23.6 Å². The van der Waals surface area contributed by atoms with E-state index in [1.807, 2.05) is 4.90 Å². The molecule has 0 bridgehead atoms. The number of hydrogen-bond donors (Lipinski definition) is 0. The fourth-order valence-electron chi connectivity index (χ4n) is 4.22. The number of carbonyl (C=O) groups is 1. The summed E-state index contributed by atoms with van der Waals surface area (Å²) in [5, 5.41) is 0. The zero-order valence-electron chi connectivity index (χ0n) is 15.3. The molecule has 0 saturated carbocycles. The SMILES string of the molecule is O=C(c1ccc(-c2ccc(F)cc2)cc1F)N1CCC[C@H]1CN1CCCC1. The summed E-state index contributed by atoms with van der Waals surface area (Å²) in [5.74, 6) is -1.07. The second kappa shape index (κ2) is 7.77. The minimum absolute atomic E-state index is 0.120. The number of benzene rings is 2. The van der Waals surface area contributed by atoms with Gasteiger partial charge in [0.25, 0.3) is 5.91 Å². The van der Waals surface area contributed by atoms with Gasteiger partial charge in [0.1, 0.15) is 11.6 Å². The van der Waals surface area contributed by atoms with Crippen LogP contribution in [-0.4, -0.2) is 47.9 Å². The van der Waals surface area contributed by atoms with Crippen molar-refractivity contribution in [2.45, 2.75) is 31.7 Å². The van der Waals surface area contributed by atoms with Gasteiger partial charge in [-0.2, -0.15) is 0 Å². The minimum Gasteiger partial charge on any atom is -0.334 e. The number of nitrogens with zero attached hydrogens (tertiary/aromatic N) is 2. The molecular weight excluding hydrogens is 346 g/mol. The van der Waals surface area contributed by atoms with Crippen LogP contribution >= 0.6 is 0 Å². The number of likely N-dealkylation sites (tertiary alicyclic amines) is 2. The maximum absolute atomic E-state index is 14.7. The Hall–Kier alpha value is -2.27. The van der Waals surface area contributed by atoms with E-state index in [0.29, 0.717) is 12.1 Å². The molecule has 0 aromatic heterocycles. The monoisotopic (exact) mass is 370 g/mol. The van der Waals surface area contributed by atoms with Gasteiger partial charge in [0.05, 0.1) is 5.56 Å². The molecule has 0 radical (unpaired) electrons. The van der Waals surface area contributed by atoms with Crippen LogP contribution in [0.1, 0.15) is 36.0 Å². The second-order valence-corrected chi connectivity index (χ2v) is 7.50. The van der Waals surface area contributed by atoms with Crippen LogP contribution in [-0.2, 0) is 0 Å². The van der Waals surface area contributed by atoms with Crippen molar-refractivity contribution in [2.24, 2.45) is 0 Å². The molecule has 1 amide bonds. The first kappa shape index (κ1) is 18.1. The second-order valence-electron chi connectivity index (χ2n) is 7.50. The highest BCUT2D eigenvalue weighted by atomic mass is 19.1. The summed E-state index contributed by atoms with van der Waals surface area (Å²) in [6, 6.07) is 10.7. The summed E-state index contributed by atoms with van der Waals surface area (Å²) in [7, 11) is 0. The van der Waals surface area contributed by atoms with Crippen molar-refractivity contribution in [3.05, 3.63) is 59.7 Å². The van der Waals surface area contributed by atoms with E-state index >= 15 is 0 Å². The normalized spacial score (nSPS) is 20.4. The summed E-state index contributed by atoms with van der Waals surface area (Å²) >= 11 is 0. The van der Waals surface area contributed by atoms with Gasteiger partial charge in [-0.25, -0.2) is 8.78 Å². The number of amides is 1. The van der Waals surface area contributed by atoms with E-state index in [1.54, 1.807) is 24.3 Å². The van der Waals surface area contributed by atoms with Gasteiger partial charge in [-0.3, -0.25) is 4.79 Å². The van der Waals surface area contributed by atoms with Crippen molar-refractivity contribution in [1.82, 2.24) is 9.80 Å². The molecule has 2 heterocycles. The van der Waals surface area contributed by atoms with Crippen molar-refractivity contribution >= 4 is 5.91 Å². The van der Waals surface area contributed by atoms with E-state index < -0.39 is 5.82 Å². The van der Waals surface area contributed by atoms with Crippen LogP contribution in [0.5, 0.6) is 0 Å². The third-order valence-electron chi connectivity index (χ3n) is 5.68. The molecular formula is C22H24F2N2O. The maximum Gasteiger partial charge on any atom is 0.257 e. The van der Waals surface area contributed by atoms with Gasteiger partial charge in [0, 0.05) is 19.1 Å². The van der Waals surface area contributed by atoms with Gasteiger partial charge in [0.2, 0.25) is 0 Å². The van der Waals surface area contributed by atoms with Crippen LogP contribution in [0.25, 0.3) is 11.1 Å². The van der Waals surface area contributed by atoms with Crippen LogP contribution < -0.4 is 0 Å². The third kappa shape index (κ3) is 3.88. The van der Waals surface area contributed by atoms with E-state index in [0.717, 1.165) is 38.0 Å². The average Bonchev–Trinajstić information content (AvgIpc) is 3.34. The fraction of sp³-hybridized carbons (Fsp3) is 0.409. The van der Waals surface area contributed by atoms with Gasteiger partial charge in [-0.1, -0.05) is 18.2 Å². The van der Waals surface area contributed by atoms with Gasteiger partial charge < -0.3 is 9.80 Å². The minimum atomic E-state index is -0.520. The number of rotatable bonds is 4. The lowest BCUT2D eigenvalue weighted by molar-refractivity contribution is 0.0704. The highest BCUT2D eigenvalue weighted by Crippen LogP contribution is 2.26. The van der Waals surface area contributed by atoms with E-state index in [9.17, 15) is 13.6 Å². The Bertz CT molecular complexity index is 816. The predicted octanol–water partition coefficient (Wildman–Crippen LogP) is 4.33. The number of hydrogen-bond acceptors (Lipinski definition) is 2. The molecule has 3 nitrogen and oxygen atoms in total. The third-order valence-corrected chi connectivity index (χ3v) is 5.68. The lowest BCUT2D eigenvalue weighted by Gasteiger charge is -2.28. The number of carbonyl (C=O) groups excluding carboxylic acids is 1. The molecule has 142 valence electrons. The average molecular weight is 370 g/mol. The molecule has 5 heteroatoms. The molecule has 2 aromatic rings. The van der Waals surface area contributed by atoms with Crippen LogP contribution in [0.2, 0.25) is 0 Å². The molecule has 2 fully saturated rings. The summed E-state index contributed by atoms with van der Waals surface area (Å²) in [4.78, 5) is 17.2. The molecule has 27 heavy (non-hydrogen) atoms. The van der Waals surface area contributed by atoms with Gasteiger partial charge in [0.15, 0.2) is 0 Å². The quantitative estimate of drug-likeness (QED) is 0.800. The molecule has 0 aliphatic carbocycles. The molecule has 1 atom stereocenters. The Kier molecular flexibility index (Phi) is 5.21. The molecule has 2 aliphatic rings. The maximum atomic E-state index is 14.7. The summed E-state index contributed by atoms with van der Waals surface area (Å²) in [6.45, 7) is 3.77. The van der Waals surface area contributed by atoms with Gasteiger partial charge in [-0.05, 0) is 74.2 Å². The molecule has 0 spiro atoms. The van der Waals surface area contributed by atoms with Crippen molar-refractivity contribution in [3.8, 4) is 11.1 Å². The van der Waals surface area contributed by atoms with Crippen molar-refractivity contribution in [3.63, 3.8) is 0 Å². The number of halogens is 2. The first-order valence-corrected chi connectivity index (χ1v) is 9.70. The Morgan fingerprint density at radius 3 is 2.33 bits per heavy atom. The van der Waals surface area contributed by atoms with Crippen molar-refractivity contribution in [1.29, 1.82) is 0 Å². The Balaban J connectivity index is 1.51. The van der Waals surface area contributed by atoms with E-state index in [-0.39, 0.29) is 23.3 Å². The van der Waals surface area contributed by atoms with E-state index in [4.69, 9.17) is 0 Å². The predicted molar refractivity (Wildman–Crippen MR) is 102 cm³/mol. The molecule has 2 aliphatic heterocycles. The fourth-order valence-corrected chi connectivity index (χ4v) is 4.22. The van der Waals surface area contributed by atoms with Gasteiger partial charge in [-0.15, -0.1) is 0 Å². The van der Waals surface area contributed by atoms with E-state index in [2.05, 4.69) is 4.90 Å². The highest BCUT2D eigenvalue weighted by molar-refractivity contribution is 5.95. The smallest absolute Gasteiger partial charge is 0.257 e. The summed E-state index contributed by atoms with van der Waals surface area (Å²) < 4.78 is 27.8. The first-order valence-electron chi connectivity index (χ1n) is 9.70. The Morgan fingerprint density at radius 2 is 1.63 bits per heavy atom. The van der Waals surface area contributed by atoms with Crippen molar-refractivity contribution in [2.75, 3.05) is 26.2 Å². The zero-order chi connectivity index (χ0) is 18.8. The Labute approximate surface area is 158 Å². The van der Waals surface area contributed by atoms with Crippen LogP contribution in [0.3, 0.4) is 0 Å². The van der Waals surface area contributed by atoms with Gasteiger partial charge >= 0.3 is 0 Å². The van der Waals surface area contributed by atoms with Crippen molar-refractivity contribution < 1.29 is 13.6 Å². The molecule has 4 rings (SSSR count). The Morgan fingerprint density at radius 1 is 0.926 bits per heavy atom. The van der Waals surface area contributed by atoms with Crippen LogP contribution in [0, 0.1) is 11.6 Å². The largest absolute Gasteiger partial charge is 0.334 e. The molecule has 0 N–H and O–H groups in total. The lowest BCUT2D eigenvalue weighted by atomic mass is 10.0. The summed E-state index contributed by atoms with van der Waals surface area (Å²) in [6.07, 6.45) is 4.40. The van der Waals surface area contributed by atoms with E-state index in [1.165, 1.54) is 31.0 Å². The van der Waals surface area contributed by atoms with Crippen LogP contribution in [0.15, 0.2) is 42.5 Å². The standard InChI is InChI=1S/C22H24F2N2O/c23-18-8-5-16(6-9-18)17-7-10-20(21(24)14-17)22(27)26-13-3-4-19(26)15-25-11-1-2-12-25/h5-10,14,19H,1-4,11-13,15H2/t19-/m0/s1. The highest BCUT2D eigenvalue weighted by Gasteiger charge is 2.32. The molecule has 2 saturated heterocycles. The lowest BCUT2D eigenvalue weighted by Crippen LogP contribution is -2.42. The first-order chi connectivity index (χ1) is 13.1. The van der Waals surface area contributed by atoms with Crippen LogP contribution in [0.4, 0.5) is 8.78 Å². The zero-order valence-corrected chi connectivity index (χ0v) is 15.3. The summed E-state index contributed by atoms with van der Waals surface area (Å²) in [5.41, 5.74) is 1.48.